The van der Waals surface area contributed by atoms with Crippen LogP contribution in [0.3, 0.4) is 0 Å². The van der Waals surface area contributed by atoms with Gasteiger partial charge in [0.1, 0.15) is 5.56 Å². The van der Waals surface area contributed by atoms with Gasteiger partial charge in [0.2, 0.25) is 5.88 Å². The number of esters is 1. The molecule has 1 saturated carbocycles. The summed E-state index contributed by atoms with van der Waals surface area (Å²) in [6.45, 7) is 7.13. The molecular weight excluding hydrogens is 352 g/mol. The van der Waals surface area contributed by atoms with Crippen LogP contribution in [-0.4, -0.2) is 61.2 Å². The lowest BCUT2D eigenvalue weighted by Gasteiger charge is -2.35. The summed E-state index contributed by atoms with van der Waals surface area (Å²) in [5, 5.41) is 4.54. The minimum absolute atomic E-state index is 0.192. The first-order valence-electron chi connectivity index (χ1n) is 9.92. The monoisotopic (exact) mass is 382 g/mol. The van der Waals surface area contributed by atoms with E-state index < -0.39 is 11.8 Å². The van der Waals surface area contributed by atoms with Crippen LogP contribution in [0.4, 0.5) is 0 Å². The summed E-state index contributed by atoms with van der Waals surface area (Å²) in [5.41, 5.74) is 0.377. The zero-order valence-corrected chi connectivity index (χ0v) is 16.3. The van der Waals surface area contributed by atoms with Crippen molar-refractivity contribution in [1.29, 1.82) is 0 Å². The summed E-state index contributed by atoms with van der Waals surface area (Å²) in [5.74, 6) is -0.483. The largest absolute Gasteiger partial charge is 0.476 e. The molecule has 1 saturated heterocycles. The van der Waals surface area contributed by atoms with Gasteiger partial charge < -0.3 is 23.7 Å². The number of ether oxygens (including phenoxy) is 5. The van der Waals surface area contributed by atoms with Crippen LogP contribution in [0.1, 0.15) is 62.4 Å². The fourth-order valence-electron chi connectivity index (χ4n) is 3.58. The van der Waals surface area contributed by atoms with Crippen LogP contribution in [0.2, 0.25) is 0 Å². The molecule has 1 aliphatic heterocycles. The Balaban J connectivity index is 1.64. The zero-order chi connectivity index (χ0) is 19.1. The van der Waals surface area contributed by atoms with Crippen LogP contribution < -0.4 is 4.74 Å². The highest BCUT2D eigenvalue weighted by Crippen LogP contribution is 2.40. The Morgan fingerprint density at radius 1 is 1.22 bits per heavy atom. The zero-order valence-electron chi connectivity index (χ0n) is 16.3. The van der Waals surface area contributed by atoms with Crippen molar-refractivity contribution in [2.45, 2.75) is 57.8 Å². The van der Waals surface area contributed by atoms with Gasteiger partial charge in [-0.25, -0.2) is 4.79 Å². The third-order valence-corrected chi connectivity index (χ3v) is 4.97. The molecule has 1 aromatic rings. The number of hydrogen-bond acceptors (Lipinski definition) is 7. The van der Waals surface area contributed by atoms with Gasteiger partial charge in [0, 0.05) is 38.7 Å². The Bertz CT molecular complexity index is 601. The van der Waals surface area contributed by atoms with Gasteiger partial charge in [0.15, 0.2) is 5.79 Å². The first-order chi connectivity index (χ1) is 13.2. The van der Waals surface area contributed by atoms with E-state index in [1.165, 1.54) is 0 Å². The molecule has 1 spiro atoms. The normalized spacial score (nSPS) is 19.5. The molecule has 0 radical (unpaired) electrons. The van der Waals surface area contributed by atoms with Crippen LogP contribution in [-0.2, 0) is 18.9 Å². The van der Waals surface area contributed by atoms with Gasteiger partial charge in [-0.05, 0) is 26.7 Å². The lowest BCUT2D eigenvalue weighted by Crippen LogP contribution is -2.35. The molecule has 0 atom stereocenters. The van der Waals surface area contributed by atoms with E-state index in [1.807, 2.05) is 11.6 Å². The van der Waals surface area contributed by atoms with E-state index in [0.717, 1.165) is 32.1 Å². The molecule has 0 unspecified atom stereocenters. The van der Waals surface area contributed by atoms with Crippen LogP contribution >= 0.6 is 0 Å². The van der Waals surface area contributed by atoms with Crippen molar-refractivity contribution in [1.82, 2.24) is 9.78 Å². The summed E-state index contributed by atoms with van der Waals surface area (Å²) in [4.78, 5) is 12.3. The Morgan fingerprint density at radius 2 is 1.96 bits per heavy atom. The topological polar surface area (TPSA) is 81.0 Å². The van der Waals surface area contributed by atoms with Crippen molar-refractivity contribution < 1.29 is 28.5 Å². The minimum Gasteiger partial charge on any atom is -0.476 e. The third-order valence-electron chi connectivity index (χ3n) is 4.97. The van der Waals surface area contributed by atoms with Gasteiger partial charge in [0.25, 0.3) is 0 Å². The second kappa shape index (κ2) is 9.52. The molecule has 2 heterocycles. The van der Waals surface area contributed by atoms with Crippen LogP contribution in [0.25, 0.3) is 0 Å². The molecule has 1 aliphatic carbocycles. The minimum atomic E-state index is -0.410. The van der Waals surface area contributed by atoms with Gasteiger partial charge in [-0.3, -0.25) is 4.68 Å². The average Bonchev–Trinajstić information content (AvgIpc) is 3.30. The van der Waals surface area contributed by atoms with Crippen molar-refractivity contribution in [3.05, 3.63) is 11.8 Å². The predicted octanol–water partition coefficient (Wildman–Crippen LogP) is 2.72. The van der Waals surface area contributed by atoms with E-state index in [0.29, 0.717) is 51.1 Å². The lowest BCUT2D eigenvalue weighted by atomic mass is 9.90. The number of carbonyl (C=O) groups is 1. The van der Waals surface area contributed by atoms with E-state index in [1.54, 1.807) is 13.1 Å². The first kappa shape index (κ1) is 20.1. The molecule has 0 bridgehead atoms. The van der Waals surface area contributed by atoms with Crippen LogP contribution in [0, 0.1) is 0 Å². The fraction of sp³-hybridized carbons (Fsp3) is 0.789. The molecule has 8 nitrogen and oxygen atoms in total. The summed E-state index contributed by atoms with van der Waals surface area (Å²) in [6.07, 6.45) is 5.91. The maximum atomic E-state index is 12.3. The van der Waals surface area contributed by atoms with Crippen LogP contribution in [0.5, 0.6) is 5.88 Å². The van der Waals surface area contributed by atoms with Crippen molar-refractivity contribution >= 4 is 5.97 Å². The van der Waals surface area contributed by atoms with E-state index >= 15 is 0 Å². The number of nitrogens with zero attached hydrogens (tertiary/aromatic N) is 2. The van der Waals surface area contributed by atoms with E-state index in [2.05, 4.69) is 5.10 Å². The molecule has 0 amide bonds. The quantitative estimate of drug-likeness (QED) is 0.480. The van der Waals surface area contributed by atoms with E-state index in [9.17, 15) is 4.79 Å². The smallest absolute Gasteiger partial charge is 0.345 e. The molecular formula is C19H30N2O6. The number of aromatic nitrogens is 2. The maximum absolute atomic E-state index is 12.3. The Labute approximate surface area is 160 Å². The summed E-state index contributed by atoms with van der Waals surface area (Å²) in [6, 6.07) is 0.192. The van der Waals surface area contributed by atoms with Crippen LogP contribution in [0.15, 0.2) is 6.20 Å². The number of carbonyl (C=O) groups excluding carboxylic acids is 1. The average molecular weight is 382 g/mol. The van der Waals surface area contributed by atoms with Crippen molar-refractivity contribution in [2.75, 3.05) is 39.6 Å². The molecule has 27 heavy (non-hydrogen) atoms. The molecule has 2 aliphatic rings. The highest BCUT2D eigenvalue weighted by molar-refractivity contribution is 5.91. The van der Waals surface area contributed by atoms with Crippen molar-refractivity contribution in [2.24, 2.45) is 0 Å². The first-order valence-corrected chi connectivity index (χ1v) is 9.92. The lowest BCUT2D eigenvalue weighted by molar-refractivity contribution is -0.181. The molecule has 0 aromatic carbocycles. The molecule has 1 aromatic heterocycles. The maximum Gasteiger partial charge on any atom is 0.345 e. The van der Waals surface area contributed by atoms with Crippen molar-refractivity contribution in [3.63, 3.8) is 0 Å². The highest BCUT2D eigenvalue weighted by atomic mass is 16.7. The van der Waals surface area contributed by atoms with E-state index in [-0.39, 0.29) is 6.04 Å². The standard InChI is InChI=1S/C19H30N2O6/c1-3-23-10-5-11-25-17-16(18(22)24-4-2)14-21(20-17)15-6-8-19(9-7-15)26-12-13-27-19/h14-15H,3-13H2,1-2H3. The SMILES string of the molecule is CCOCCCOc1nn(C2CCC3(CC2)OCCO3)cc1C(=O)OCC. The Kier molecular flexibility index (Phi) is 7.09. The van der Waals surface area contributed by atoms with Gasteiger partial charge in [0.05, 0.1) is 32.5 Å². The summed E-state index contributed by atoms with van der Waals surface area (Å²) >= 11 is 0. The summed E-state index contributed by atoms with van der Waals surface area (Å²) in [7, 11) is 0. The van der Waals surface area contributed by atoms with E-state index in [4.69, 9.17) is 23.7 Å². The molecule has 8 heteroatoms. The molecule has 2 fully saturated rings. The number of rotatable bonds is 9. The molecule has 3 rings (SSSR count). The molecule has 152 valence electrons. The predicted molar refractivity (Wildman–Crippen MR) is 96.9 cm³/mol. The van der Waals surface area contributed by atoms with Crippen molar-refractivity contribution in [3.8, 4) is 5.88 Å². The summed E-state index contributed by atoms with van der Waals surface area (Å²) < 4.78 is 29.6. The van der Waals surface area contributed by atoms with Gasteiger partial charge in [-0.1, -0.05) is 0 Å². The second-order valence-corrected chi connectivity index (χ2v) is 6.79. The van der Waals surface area contributed by atoms with Gasteiger partial charge in [-0.15, -0.1) is 5.10 Å². The number of hydrogen-bond donors (Lipinski definition) is 0. The highest BCUT2D eigenvalue weighted by Gasteiger charge is 2.41. The Morgan fingerprint density at radius 3 is 2.63 bits per heavy atom. The fourth-order valence-corrected chi connectivity index (χ4v) is 3.58. The molecule has 0 N–H and O–H groups in total. The Hall–Kier alpha value is -1.64. The van der Waals surface area contributed by atoms with Gasteiger partial charge in [-0.2, -0.15) is 0 Å². The second-order valence-electron chi connectivity index (χ2n) is 6.79. The third kappa shape index (κ3) is 5.00. The van der Waals surface area contributed by atoms with Gasteiger partial charge >= 0.3 is 5.97 Å².